The molecule has 0 spiro atoms. The average Bonchev–Trinajstić information content (AvgIpc) is 3.62. The van der Waals surface area contributed by atoms with Crippen molar-refractivity contribution in [3.63, 3.8) is 0 Å². The van der Waals surface area contributed by atoms with Crippen LogP contribution in [0.2, 0.25) is 0 Å². The van der Waals surface area contributed by atoms with Crippen LogP contribution < -0.4 is 15.5 Å². The van der Waals surface area contributed by atoms with E-state index in [2.05, 4.69) is 10.6 Å². The fourth-order valence-corrected chi connectivity index (χ4v) is 5.58. The highest BCUT2D eigenvalue weighted by Gasteiger charge is 2.30. The van der Waals surface area contributed by atoms with Crippen LogP contribution in [0.3, 0.4) is 0 Å². The average molecular weight is 593 g/mol. The van der Waals surface area contributed by atoms with Crippen molar-refractivity contribution in [1.29, 1.82) is 0 Å². The van der Waals surface area contributed by atoms with E-state index in [0.717, 1.165) is 35.0 Å². The van der Waals surface area contributed by atoms with Crippen molar-refractivity contribution in [2.75, 3.05) is 18.0 Å². The highest BCUT2D eigenvalue weighted by molar-refractivity contribution is 6.08. The van der Waals surface area contributed by atoms with Crippen molar-refractivity contribution in [3.05, 3.63) is 101 Å². The summed E-state index contributed by atoms with van der Waals surface area (Å²) >= 11 is 0. The molecule has 4 aromatic rings. The Labute approximate surface area is 248 Å². The number of hydrogen-bond acceptors (Lipinski definition) is 4. The molecule has 0 radical (unpaired) electrons. The number of aromatic nitrogens is 1. The number of benzene rings is 3. The van der Waals surface area contributed by atoms with Gasteiger partial charge in [0.25, 0.3) is 5.91 Å². The lowest BCUT2D eigenvalue weighted by Gasteiger charge is -2.25. The third-order valence-corrected chi connectivity index (χ3v) is 7.85. The highest BCUT2D eigenvalue weighted by Crippen LogP contribution is 2.33. The summed E-state index contributed by atoms with van der Waals surface area (Å²) in [5.41, 5.74) is 2.51. The standard InChI is InChI=1S/C33H35F3N4O3/c1-2-39-15-13-26-28(39)18-24(19-29(26)40-14-7-12-31(40)42)32(43)38-27(17-22-8-4-3-5-9-22)30(41)21-37-20-23-10-6-11-25(16-23)33(34,35)36/h3-6,8-11,13,15-16,18-19,27,30,37,41H,2,7,12,14,17,20-21H2,1H3,(H,38,43)/t27-,30-/m0/s1. The zero-order chi connectivity index (χ0) is 30.6. The van der Waals surface area contributed by atoms with Crippen LogP contribution in [-0.2, 0) is 30.5 Å². The molecule has 1 aliphatic heterocycles. The van der Waals surface area contributed by atoms with Crippen molar-refractivity contribution in [2.45, 2.75) is 57.6 Å². The van der Waals surface area contributed by atoms with Gasteiger partial charge in [-0.25, -0.2) is 0 Å². The molecule has 0 unspecified atom stereocenters. The molecule has 1 fully saturated rings. The number of nitrogens with zero attached hydrogens (tertiary/aromatic N) is 2. The molecule has 0 aliphatic carbocycles. The largest absolute Gasteiger partial charge is 0.416 e. The first-order valence-electron chi connectivity index (χ1n) is 14.5. The smallest absolute Gasteiger partial charge is 0.390 e. The molecule has 0 bridgehead atoms. The van der Waals surface area contributed by atoms with Gasteiger partial charge in [-0.3, -0.25) is 9.59 Å². The fraction of sp³-hybridized carbons (Fsp3) is 0.333. The van der Waals surface area contributed by atoms with Crippen LogP contribution in [0.25, 0.3) is 10.9 Å². The Morgan fingerprint density at radius 3 is 2.49 bits per heavy atom. The zero-order valence-corrected chi connectivity index (χ0v) is 23.9. The van der Waals surface area contributed by atoms with Crippen LogP contribution in [0.15, 0.2) is 79.0 Å². The molecule has 2 heterocycles. The lowest BCUT2D eigenvalue weighted by molar-refractivity contribution is -0.137. The first-order valence-corrected chi connectivity index (χ1v) is 14.5. The van der Waals surface area contributed by atoms with Crippen molar-refractivity contribution in [2.24, 2.45) is 0 Å². The number of alkyl halides is 3. The molecule has 3 aromatic carbocycles. The second-order valence-corrected chi connectivity index (χ2v) is 10.8. The number of anilines is 1. The van der Waals surface area contributed by atoms with Crippen LogP contribution in [0.5, 0.6) is 0 Å². The minimum atomic E-state index is -4.44. The molecule has 2 amide bonds. The van der Waals surface area contributed by atoms with Gasteiger partial charge in [0.1, 0.15) is 0 Å². The molecule has 1 aliphatic rings. The van der Waals surface area contributed by atoms with Gasteiger partial charge in [0.05, 0.1) is 28.9 Å². The van der Waals surface area contributed by atoms with Crippen LogP contribution in [0, 0.1) is 0 Å². The van der Waals surface area contributed by atoms with Gasteiger partial charge in [0, 0.05) is 49.7 Å². The predicted molar refractivity (Wildman–Crippen MR) is 160 cm³/mol. The number of nitrogens with one attached hydrogen (secondary N) is 2. The predicted octanol–water partition coefficient (Wildman–Crippen LogP) is 5.30. The van der Waals surface area contributed by atoms with Crippen LogP contribution in [0.1, 0.15) is 46.8 Å². The van der Waals surface area contributed by atoms with Gasteiger partial charge < -0.3 is 25.2 Å². The van der Waals surface area contributed by atoms with E-state index >= 15 is 0 Å². The van der Waals surface area contributed by atoms with Crippen molar-refractivity contribution < 1.29 is 27.9 Å². The monoisotopic (exact) mass is 592 g/mol. The fourth-order valence-electron chi connectivity index (χ4n) is 5.58. The normalized spacial score (nSPS) is 15.2. The summed E-state index contributed by atoms with van der Waals surface area (Å²) in [6.07, 6.45) is -1.99. The Morgan fingerprint density at radius 2 is 1.79 bits per heavy atom. The summed E-state index contributed by atoms with van der Waals surface area (Å²) in [6, 6.07) is 19.3. The second kappa shape index (κ2) is 13.0. The number of hydrogen-bond donors (Lipinski definition) is 3. The molecule has 5 rings (SSSR count). The molecular weight excluding hydrogens is 557 g/mol. The van der Waals surface area contributed by atoms with Gasteiger partial charge in [-0.2, -0.15) is 13.2 Å². The molecule has 1 aromatic heterocycles. The third kappa shape index (κ3) is 7.09. The molecule has 2 atom stereocenters. The summed E-state index contributed by atoms with van der Waals surface area (Å²) < 4.78 is 41.4. The number of halogens is 3. The highest BCUT2D eigenvalue weighted by atomic mass is 19.4. The second-order valence-electron chi connectivity index (χ2n) is 10.8. The third-order valence-electron chi connectivity index (χ3n) is 7.85. The minimum absolute atomic E-state index is 0.0207. The summed E-state index contributed by atoms with van der Waals surface area (Å²) in [4.78, 5) is 28.1. The number of aliphatic hydroxyl groups is 1. The first-order chi connectivity index (χ1) is 20.6. The van der Waals surface area contributed by atoms with E-state index in [9.17, 15) is 27.9 Å². The number of carbonyl (C=O) groups is 2. The summed E-state index contributed by atoms with van der Waals surface area (Å²) in [5, 5.41) is 18.1. The molecule has 7 nitrogen and oxygen atoms in total. The maximum absolute atomic E-state index is 13.7. The van der Waals surface area contributed by atoms with Crippen LogP contribution in [0.4, 0.5) is 18.9 Å². The molecule has 1 saturated heterocycles. The topological polar surface area (TPSA) is 86.6 Å². The van der Waals surface area contributed by atoms with Gasteiger partial charge in [-0.15, -0.1) is 0 Å². The van der Waals surface area contributed by atoms with Crippen molar-refractivity contribution in [3.8, 4) is 0 Å². The Balaban J connectivity index is 1.36. The lowest BCUT2D eigenvalue weighted by atomic mass is 10.00. The molecule has 43 heavy (non-hydrogen) atoms. The molecule has 3 N–H and O–H groups in total. The van der Waals surface area contributed by atoms with Gasteiger partial charge in [-0.05, 0) is 55.2 Å². The number of fused-ring (bicyclic) bond motifs is 1. The Bertz CT molecular complexity index is 1590. The number of amides is 2. The quantitative estimate of drug-likeness (QED) is 0.221. The van der Waals surface area contributed by atoms with Gasteiger partial charge in [0.2, 0.25) is 5.91 Å². The van der Waals surface area contributed by atoms with Gasteiger partial charge in [-0.1, -0.05) is 48.5 Å². The van der Waals surface area contributed by atoms with Crippen LogP contribution in [-0.4, -0.2) is 46.7 Å². The van der Waals surface area contributed by atoms with E-state index in [1.165, 1.54) is 6.07 Å². The van der Waals surface area contributed by atoms with Gasteiger partial charge >= 0.3 is 6.18 Å². The summed E-state index contributed by atoms with van der Waals surface area (Å²) in [6.45, 7) is 3.44. The number of rotatable bonds is 11. The molecule has 0 saturated carbocycles. The van der Waals surface area contributed by atoms with E-state index in [1.54, 1.807) is 23.1 Å². The Kier molecular flexibility index (Phi) is 9.17. The summed E-state index contributed by atoms with van der Waals surface area (Å²) in [7, 11) is 0. The Hall–Kier alpha value is -4.15. The maximum Gasteiger partial charge on any atom is 0.416 e. The number of carbonyl (C=O) groups excluding carboxylic acids is 2. The summed E-state index contributed by atoms with van der Waals surface area (Å²) in [5.74, 6) is -0.371. The van der Waals surface area contributed by atoms with E-state index in [1.807, 2.05) is 54.1 Å². The number of aryl methyl sites for hydroxylation is 1. The van der Waals surface area contributed by atoms with E-state index in [0.29, 0.717) is 42.7 Å². The number of aliphatic hydroxyl groups excluding tert-OH is 1. The first kappa shape index (κ1) is 30.3. The van der Waals surface area contributed by atoms with Gasteiger partial charge in [0.15, 0.2) is 0 Å². The lowest BCUT2D eigenvalue weighted by Crippen LogP contribution is -2.48. The van der Waals surface area contributed by atoms with E-state index in [4.69, 9.17) is 0 Å². The molecule has 10 heteroatoms. The zero-order valence-electron chi connectivity index (χ0n) is 23.9. The molecular formula is C33H35F3N4O3. The van der Waals surface area contributed by atoms with Crippen molar-refractivity contribution in [1.82, 2.24) is 15.2 Å². The SMILES string of the molecule is CCn1ccc2c(N3CCCC3=O)cc(C(=O)N[C@@H](Cc3ccccc3)[C@@H](O)CNCc3cccc(C(F)(F)F)c3)cc21. The van der Waals surface area contributed by atoms with Crippen molar-refractivity contribution >= 4 is 28.4 Å². The van der Waals surface area contributed by atoms with Crippen LogP contribution >= 0.6 is 0 Å². The maximum atomic E-state index is 13.7. The van der Waals surface area contributed by atoms with E-state index in [-0.39, 0.29) is 19.0 Å². The molecule has 226 valence electrons. The van der Waals surface area contributed by atoms with E-state index < -0.39 is 29.8 Å². The minimum Gasteiger partial charge on any atom is -0.390 e. The Morgan fingerprint density at radius 1 is 1.02 bits per heavy atom.